The lowest BCUT2D eigenvalue weighted by atomic mass is 10.3. The molecule has 0 bridgehead atoms. The van der Waals surface area contributed by atoms with E-state index in [1.165, 1.54) is 6.08 Å². The van der Waals surface area contributed by atoms with Gasteiger partial charge in [-0.2, -0.15) is 5.10 Å². The first-order valence-electron chi connectivity index (χ1n) is 5.18. The average Bonchev–Trinajstić information content (AvgIpc) is 2.58. The van der Waals surface area contributed by atoms with Crippen LogP contribution in [0.15, 0.2) is 24.0 Å². The Morgan fingerprint density at radius 2 is 2.44 bits per heavy atom. The second kappa shape index (κ2) is 6.07. The lowest BCUT2D eigenvalue weighted by Gasteiger charge is -2.04. The summed E-state index contributed by atoms with van der Waals surface area (Å²) in [7, 11) is 0. The Labute approximate surface area is 94.8 Å². The summed E-state index contributed by atoms with van der Waals surface area (Å²) < 4.78 is 1.86. The lowest BCUT2D eigenvalue weighted by Crippen LogP contribution is -2.22. The maximum atomic E-state index is 10.3. The molecule has 0 amide bonds. The van der Waals surface area contributed by atoms with Gasteiger partial charge in [-0.1, -0.05) is 5.57 Å². The van der Waals surface area contributed by atoms with Crippen LogP contribution in [-0.4, -0.2) is 33.9 Å². The van der Waals surface area contributed by atoms with Crippen molar-refractivity contribution in [3.63, 3.8) is 0 Å². The molecule has 0 saturated heterocycles. The van der Waals surface area contributed by atoms with Gasteiger partial charge in [0.05, 0.1) is 12.7 Å². The molecular weight excluding hydrogens is 206 g/mol. The van der Waals surface area contributed by atoms with Gasteiger partial charge in [-0.25, -0.2) is 4.79 Å². The van der Waals surface area contributed by atoms with E-state index in [-0.39, 0.29) is 0 Å². The number of carboxylic acid groups (broad SMARTS) is 1. The van der Waals surface area contributed by atoms with E-state index < -0.39 is 5.97 Å². The monoisotopic (exact) mass is 223 g/mol. The molecule has 0 atom stereocenters. The summed E-state index contributed by atoms with van der Waals surface area (Å²) in [6.45, 7) is 5.93. The maximum absolute atomic E-state index is 10.3. The van der Waals surface area contributed by atoms with Gasteiger partial charge in [0, 0.05) is 25.4 Å². The van der Waals surface area contributed by atoms with Gasteiger partial charge in [0.15, 0.2) is 0 Å². The van der Waals surface area contributed by atoms with Gasteiger partial charge in [0.25, 0.3) is 0 Å². The number of rotatable bonds is 6. The van der Waals surface area contributed by atoms with Gasteiger partial charge < -0.3 is 10.4 Å². The minimum atomic E-state index is -0.901. The van der Waals surface area contributed by atoms with E-state index in [0.717, 1.165) is 24.2 Å². The summed E-state index contributed by atoms with van der Waals surface area (Å²) >= 11 is 0. The average molecular weight is 223 g/mol. The molecule has 88 valence electrons. The van der Waals surface area contributed by atoms with E-state index >= 15 is 0 Å². The molecule has 0 fully saturated rings. The second-order valence-electron chi connectivity index (χ2n) is 3.79. The third-order valence-corrected chi connectivity index (χ3v) is 2.05. The lowest BCUT2D eigenvalue weighted by molar-refractivity contribution is -0.131. The number of carbonyl (C=O) groups is 1. The third kappa shape index (κ3) is 4.75. The number of aliphatic carboxylic acids is 1. The predicted octanol–water partition coefficient (Wildman–Crippen LogP) is 0.812. The highest BCUT2D eigenvalue weighted by atomic mass is 16.4. The van der Waals surface area contributed by atoms with Gasteiger partial charge >= 0.3 is 5.97 Å². The normalized spacial score (nSPS) is 11.8. The fourth-order valence-electron chi connectivity index (χ4n) is 1.33. The molecule has 1 aromatic heterocycles. The van der Waals surface area contributed by atoms with Crippen LogP contribution >= 0.6 is 0 Å². The van der Waals surface area contributed by atoms with Crippen molar-refractivity contribution in [2.24, 2.45) is 0 Å². The summed E-state index contributed by atoms with van der Waals surface area (Å²) in [5, 5.41) is 15.8. The van der Waals surface area contributed by atoms with Gasteiger partial charge in [-0.3, -0.25) is 4.68 Å². The molecule has 1 aromatic rings. The number of aromatic nitrogens is 2. The minimum Gasteiger partial charge on any atom is -0.478 e. The smallest absolute Gasteiger partial charge is 0.328 e. The second-order valence-corrected chi connectivity index (χ2v) is 3.79. The van der Waals surface area contributed by atoms with Crippen molar-refractivity contribution in [3.8, 4) is 0 Å². The number of nitrogens with one attached hydrogen (secondary N) is 1. The Morgan fingerprint density at radius 1 is 1.69 bits per heavy atom. The SMILES string of the molecule is C/C(=C/C(=O)O)CNCCn1cc(C)cn1. The summed E-state index contributed by atoms with van der Waals surface area (Å²) in [5.41, 5.74) is 1.95. The van der Waals surface area contributed by atoms with E-state index in [1.54, 1.807) is 6.92 Å². The zero-order valence-corrected chi connectivity index (χ0v) is 9.60. The Balaban J connectivity index is 2.19. The van der Waals surface area contributed by atoms with Crippen molar-refractivity contribution < 1.29 is 9.90 Å². The first kappa shape index (κ1) is 12.4. The van der Waals surface area contributed by atoms with Crippen molar-refractivity contribution in [2.45, 2.75) is 20.4 Å². The Morgan fingerprint density at radius 3 is 3.00 bits per heavy atom. The van der Waals surface area contributed by atoms with E-state index in [1.807, 2.05) is 24.0 Å². The summed E-state index contributed by atoms with van der Waals surface area (Å²) in [5.74, 6) is -0.901. The van der Waals surface area contributed by atoms with E-state index in [2.05, 4.69) is 10.4 Å². The number of hydrogen-bond acceptors (Lipinski definition) is 3. The van der Waals surface area contributed by atoms with Crippen LogP contribution in [0.25, 0.3) is 0 Å². The van der Waals surface area contributed by atoms with Crippen LogP contribution in [-0.2, 0) is 11.3 Å². The molecule has 0 aliphatic heterocycles. The van der Waals surface area contributed by atoms with E-state index in [9.17, 15) is 4.79 Å². The van der Waals surface area contributed by atoms with Gasteiger partial charge in [-0.15, -0.1) is 0 Å². The highest BCUT2D eigenvalue weighted by Crippen LogP contribution is 1.93. The van der Waals surface area contributed by atoms with Crippen molar-refractivity contribution in [1.29, 1.82) is 0 Å². The standard InChI is InChI=1S/C11H17N3O2/c1-9(5-11(15)16)6-12-3-4-14-8-10(2)7-13-14/h5,7-8,12H,3-4,6H2,1-2H3,(H,15,16)/b9-5-. The topological polar surface area (TPSA) is 67.2 Å². The molecule has 1 rings (SSSR count). The number of aryl methyl sites for hydroxylation is 1. The molecule has 0 radical (unpaired) electrons. The molecule has 16 heavy (non-hydrogen) atoms. The fourth-order valence-corrected chi connectivity index (χ4v) is 1.33. The quantitative estimate of drug-likeness (QED) is 0.553. The van der Waals surface area contributed by atoms with Gasteiger partial charge in [0.1, 0.15) is 0 Å². The molecule has 5 heteroatoms. The molecular formula is C11H17N3O2. The van der Waals surface area contributed by atoms with Crippen molar-refractivity contribution in [1.82, 2.24) is 15.1 Å². The molecule has 5 nitrogen and oxygen atoms in total. The Hall–Kier alpha value is -1.62. The molecule has 0 saturated carbocycles. The fraction of sp³-hybridized carbons (Fsp3) is 0.455. The van der Waals surface area contributed by atoms with Crippen molar-refractivity contribution >= 4 is 5.97 Å². The maximum Gasteiger partial charge on any atom is 0.328 e. The van der Waals surface area contributed by atoms with Crippen LogP contribution in [0.5, 0.6) is 0 Å². The Kier molecular flexibility index (Phi) is 4.72. The van der Waals surface area contributed by atoms with Crippen molar-refractivity contribution in [3.05, 3.63) is 29.6 Å². The van der Waals surface area contributed by atoms with Crippen LogP contribution in [0.3, 0.4) is 0 Å². The highest BCUT2D eigenvalue weighted by Gasteiger charge is 1.96. The molecule has 0 aliphatic carbocycles. The summed E-state index contributed by atoms with van der Waals surface area (Å²) in [4.78, 5) is 10.3. The molecule has 0 spiro atoms. The summed E-state index contributed by atoms with van der Waals surface area (Å²) in [6, 6.07) is 0. The van der Waals surface area contributed by atoms with Crippen LogP contribution in [0, 0.1) is 6.92 Å². The van der Waals surface area contributed by atoms with E-state index in [0.29, 0.717) is 6.54 Å². The van der Waals surface area contributed by atoms with Crippen LogP contribution in [0.2, 0.25) is 0 Å². The predicted molar refractivity (Wildman–Crippen MR) is 61.2 cm³/mol. The zero-order chi connectivity index (χ0) is 12.0. The first-order valence-corrected chi connectivity index (χ1v) is 5.18. The van der Waals surface area contributed by atoms with Gasteiger partial charge in [0.2, 0.25) is 0 Å². The van der Waals surface area contributed by atoms with Gasteiger partial charge in [-0.05, 0) is 19.4 Å². The number of nitrogens with zero attached hydrogens (tertiary/aromatic N) is 2. The number of hydrogen-bond donors (Lipinski definition) is 2. The third-order valence-electron chi connectivity index (χ3n) is 2.05. The van der Waals surface area contributed by atoms with Crippen LogP contribution < -0.4 is 5.32 Å². The zero-order valence-electron chi connectivity index (χ0n) is 9.60. The van der Waals surface area contributed by atoms with Crippen LogP contribution in [0.1, 0.15) is 12.5 Å². The van der Waals surface area contributed by atoms with E-state index in [4.69, 9.17) is 5.11 Å². The molecule has 2 N–H and O–H groups in total. The largest absolute Gasteiger partial charge is 0.478 e. The Bertz CT molecular complexity index is 382. The molecule has 0 aromatic carbocycles. The molecule has 0 unspecified atom stereocenters. The highest BCUT2D eigenvalue weighted by molar-refractivity contribution is 5.80. The molecule has 0 aliphatic rings. The first-order chi connectivity index (χ1) is 7.58. The number of carboxylic acids is 1. The minimum absolute atomic E-state index is 0.590. The van der Waals surface area contributed by atoms with Crippen LogP contribution in [0.4, 0.5) is 0 Å². The summed E-state index contributed by atoms with van der Waals surface area (Å²) in [6.07, 6.45) is 5.00. The molecule has 1 heterocycles. The van der Waals surface area contributed by atoms with Crippen molar-refractivity contribution in [2.75, 3.05) is 13.1 Å².